The fraction of sp³-hybridized carbons (Fsp3) is 0.182. The van der Waals surface area contributed by atoms with Gasteiger partial charge in [-0.05, 0) is 40.9 Å². The van der Waals surface area contributed by atoms with Crippen LogP contribution in [-0.2, 0) is 16.4 Å². The topological polar surface area (TPSA) is 59.1 Å². The number of nitrogens with zero attached hydrogens (tertiary/aromatic N) is 1. The average Bonchev–Trinajstić information content (AvgIpc) is 2.82. The van der Waals surface area contributed by atoms with E-state index in [1.165, 1.54) is 12.3 Å². The summed E-state index contributed by atoms with van der Waals surface area (Å²) < 4.78 is 26.4. The minimum Gasteiger partial charge on any atom is -0.243 e. The van der Waals surface area contributed by atoms with Crippen LogP contribution in [0.15, 0.2) is 40.1 Å². The third kappa shape index (κ3) is 3.29. The lowest BCUT2D eigenvalue weighted by Crippen LogP contribution is -2.26. The maximum atomic E-state index is 11.9. The van der Waals surface area contributed by atoms with E-state index in [2.05, 4.69) is 9.71 Å². The van der Waals surface area contributed by atoms with Crippen molar-refractivity contribution in [3.05, 3.63) is 45.9 Å². The Morgan fingerprint density at radius 3 is 2.89 bits per heavy atom. The van der Waals surface area contributed by atoms with Crippen molar-refractivity contribution in [1.82, 2.24) is 9.71 Å². The number of pyridine rings is 1. The Kier molecular flexibility index (Phi) is 4.34. The van der Waals surface area contributed by atoms with Gasteiger partial charge in [0.25, 0.3) is 0 Å². The molecule has 0 aliphatic carbocycles. The summed E-state index contributed by atoms with van der Waals surface area (Å²) in [5, 5.41) is 3.94. The van der Waals surface area contributed by atoms with Crippen molar-refractivity contribution in [2.45, 2.75) is 11.3 Å². The molecule has 18 heavy (non-hydrogen) atoms. The van der Waals surface area contributed by atoms with E-state index in [0.717, 1.165) is 5.56 Å². The zero-order valence-electron chi connectivity index (χ0n) is 9.34. The molecule has 2 aromatic heterocycles. The van der Waals surface area contributed by atoms with Gasteiger partial charge in [-0.25, -0.2) is 18.1 Å². The SMILES string of the molecule is O=S(=O)(NCCc1ccsc1)c1cccnc1Cl. The van der Waals surface area contributed by atoms with Crippen LogP contribution >= 0.6 is 22.9 Å². The van der Waals surface area contributed by atoms with Crippen LogP contribution in [0.1, 0.15) is 5.56 Å². The second-order valence-electron chi connectivity index (χ2n) is 3.57. The minimum atomic E-state index is -3.59. The molecular weight excluding hydrogens is 292 g/mol. The summed E-state index contributed by atoms with van der Waals surface area (Å²) in [7, 11) is -3.59. The van der Waals surface area contributed by atoms with Crippen molar-refractivity contribution < 1.29 is 8.42 Å². The van der Waals surface area contributed by atoms with Crippen LogP contribution in [0.3, 0.4) is 0 Å². The second kappa shape index (κ2) is 5.79. The van der Waals surface area contributed by atoms with E-state index in [-0.39, 0.29) is 10.0 Å². The van der Waals surface area contributed by atoms with Crippen LogP contribution in [-0.4, -0.2) is 19.9 Å². The van der Waals surface area contributed by atoms with Crippen molar-refractivity contribution in [1.29, 1.82) is 0 Å². The molecule has 0 radical (unpaired) electrons. The lowest BCUT2D eigenvalue weighted by atomic mass is 10.2. The molecule has 0 unspecified atom stereocenters. The Hall–Kier alpha value is -0.950. The highest BCUT2D eigenvalue weighted by Gasteiger charge is 2.17. The number of hydrogen-bond donors (Lipinski definition) is 1. The molecule has 4 nitrogen and oxygen atoms in total. The van der Waals surface area contributed by atoms with Crippen LogP contribution in [0, 0.1) is 0 Å². The maximum absolute atomic E-state index is 11.9. The summed E-state index contributed by atoms with van der Waals surface area (Å²) in [5.74, 6) is 0. The second-order valence-corrected chi connectivity index (χ2v) is 6.45. The number of rotatable bonds is 5. The van der Waals surface area contributed by atoms with Gasteiger partial charge in [-0.15, -0.1) is 0 Å². The van der Waals surface area contributed by atoms with E-state index in [1.54, 1.807) is 17.4 Å². The molecule has 0 saturated carbocycles. The van der Waals surface area contributed by atoms with Gasteiger partial charge in [0.05, 0.1) is 0 Å². The molecule has 0 fully saturated rings. The highest BCUT2D eigenvalue weighted by molar-refractivity contribution is 7.89. The van der Waals surface area contributed by atoms with Crippen LogP contribution in [0.4, 0.5) is 0 Å². The average molecular weight is 303 g/mol. The smallest absolute Gasteiger partial charge is 0.243 e. The zero-order chi connectivity index (χ0) is 13.0. The summed E-state index contributed by atoms with van der Waals surface area (Å²) in [6, 6.07) is 4.94. The molecule has 0 aromatic carbocycles. The molecule has 0 aliphatic heterocycles. The summed E-state index contributed by atoms with van der Waals surface area (Å²) in [5.41, 5.74) is 1.11. The van der Waals surface area contributed by atoms with E-state index in [0.29, 0.717) is 13.0 Å². The fourth-order valence-corrected chi connectivity index (χ4v) is 3.60. The van der Waals surface area contributed by atoms with Crippen LogP contribution in [0.25, 0.3) is 0 Å². The lowest BCUT2D eigenvalue weighted by molar-refractivity contribution is 0.581. The molecule has 0 atom stereocenters. The maximum Gasteiger partial charge on any atom is 0.243 e. The quantitative estimate of drug-likeness (QED) is 0.862. The molecule has 2 rings (SSSR count). The Labute approximate surface area is 115 Å². The van der Waals surface area contributed by atoms with Gasteiger partial charge in [0.1, 0.15) is 10.0 Å². The van der Waals surface area contributed by atoms with Gasteiger partial charge in [-0.3, -0.25) is 0 Å². The highest BCUT2D eigenvalue weighted by Crippen LogP contribution is 2.17. The van der Waals surface area contributed by atoms with Gasteiger partial charge < -0.3 is 0 Å². The summed E-state index contributed by atoms with van der Waals surface area (Å²) in [6.07, 6.45) is 2.10. The molecule has 0 saturated heterocycles. The normalized spacial score (nSPS) is 11.6. The summed E-state index contributed by atoms with van der Waals surface area (Å²) in [4.78, 5) is 3.76. The molecular formula is C11H11ClN2O2S2. The number of aromatic nitrogens is 1. The molecule has 2 aromatic rings. The standard InChI is InChI=1S/C11H11ClN2O2S2/c12-11-10(2-1-5-13-11)18(15,16)14-6-3-9-4-7-17-8-9/h1-2,4-5,7-8,14H,3,6H2. The Bertz CT molecular complexity index is 612. The van der Waals surface area contributed by atoms with Gasteiger partial charge in [0.2, 0.25) is 10.0 Å². The third-order valence-electron chi connectivity index (χ3n) is 2.30. The van der Waals surface area contributed by atoms with E-state index in [1.807, 2.05) is 16.8 Å². The summed E-state index contributed by atoms with van der Waals surface area (Å²) >= 11 is 7.35. The molecule has 7 heteroatoms. The number of thiophene rings is 1. The Balaban J connectivity index is 2.02. The van der Waals surface area contributed by atoms with Crippen LogP contribution in [0.5, 0.6) is 0 Å². The molecule has 0 amide bonds. The number of sulfonamides is 1. The van der Waals surface area contributed by atoms with Gasteiger partial charge in [0, 0.05) is 12.7 Å². The van der Waals surface area contributed by atoms with Crippen LogP contribution < -0.4 is 4.72 Å². The van der Waals surface area contributed by atoms with Gasteiger partial charge in [0.15, 0.2) is 0 Å². The number of hydrogen-bond acceptors (Lipinski definition) is 4. The Morgan fingerprint density at radius 2 is 2.22 bits per heavy atom. The van der Waals surface area contributed by atoms with Gasteiger partial charge >= 0.3 is 0 Å². The van der Waals surface area contributed by atoms with Gasteiger partial charge in [-0.2, -0.15) is 11.3 Å². The zero-order valence-corrected chi connectivity index (χ0v) is 11.7. The molecule has 2 heterocycles. The van der Waals surface area contributed by atoms with Crippen molar-refractivity contribution in [3.8, 4) is 0 Å². The monoisotopic (exact) mass is 302 g/mol. The first-order chi connectivity index (χ1) is 8.59. The molecule has 0 spiro atoms. The molecule has 0 bridgehead atoms. The van der Waals surface area contributed by atoms with Gasteiger partial charge in [-0.1, -0.05) is 11.6 Å². The van der Waals surface area contributed by atoms with Crippen molar-refractivity contribution >= 4 is 33.0 Å². The van der Waals surface area contributed by atoms with E-state index in [4.69, 9.17) is 11.6 Å². The van der Waals surface area contributed by atoms with E-state index >= 15 is 0 Å². The van der Waals surface area contributed by atoms with Crippen molar-refractivity contribution in [2.75, 3.05) is 6.54 Å². The largest absolute Gasteiger partial charge is 0.243 e. The minimum absolute atomic E-state index is 0.0111. The molecule has 1 N–H and O–H groups in total. The molecule has 0 aliphatic rings. The number of nitrogens with one attached hydrogen (secondary N) is 1. The van der Waals surface area contributed by atoms with Crippen LogP contribution in [0.2, 0.25) is 5.15 Å². The first-order valence-corrected chi connectivity index (χ1v) is 8.01. The van der Waals surface area contributed by atoms with Crippen molar-refractivity contribution in [3.63, 3.8) is 0 Å². The van der Waals surface area contributed by atoms with Crippen molar-refractivity contribution in [2.24, 2.45) is 0 Å². The van der Waals surface area contributed by atoms with E-state index in [9.17, 15) is 8.42 Å². The first-order valence-electron chi connectivity index (χ1n) is 5.21. The van der Waals surface area contributed by atoms with E-state index < -0.39 is 10.0 Å². The third-order valence-corrected chi connectivity index (χ3v) is 4.94. The lowest BCUT2D eigenvalue weighted by Gasteiger charge is -2.06. The highest BCUT2D eigenvalue weighted by atomic mass is 35.5. The predicted octanol–water partition coefficient (Wildman–Crippen LogP) is 2.32. The first kappa shape index (κ1) is 13.5. The Morgan fingerprint density at radius 1 is 1.39 bits per heavy atom. The summed E-state index contributed by atoms with van der Waals surface area (Å²) in [6.45, 7) is 0.338. The fourth-order valence-electron chi connectivity index (χ4n) is 1.41. The predicted molar refractivity (Wildman–Crippen MR) is 72.5 cm³/mol. The molecule has 96 valence electrons. The number of halogens is 1.